The molecule has 1 fully saturated rings. The van der Waals surface area contributed by atoms with Crippen molar-refractivity contribution in [3.05, 3.63) is 0 Å². The first-order valence-corrected chi connectivity index (χ1v) is 8.30. The molecular formula is C16H31B2NO. The fourth-order valence-electron chi connectivity index (χ4n) is 3.83. The van der Waals surface area contributed by atoms with E-state index in [1.807, 2.05) is 0 Å². The molecule has 0 aliphatic heterocycles. The molecular weight excluding hydrogens is 244 g/mol. The Morgan fingerprint density at radius 1 is 1.25 bits per heavy atom. The number of rotatable bonds is 2. The summed E-state index contributed by atoms with van der Waals surface area (Å²) in [6, 6.07) is 0. The van der Waals surface area contributed by atoms with Gasteiger partial charge in [0, 0.05) is 0 Å². The fourth-order valence-corrected chi connectivity index (χ4v) is 3.83. The number of hydrogen-bond acceptors (Lipinski definition) is 2. The van der Waals surface area contributed by atoms with Crippen LogP contribution in [0.1, 0.15) is 72.6 Å². The molecule has 3 atom stereocenters. The summed E-state index contributed by atoms with van der Waals surface area (Å²) in [5, 5.41) is 0.178. The molecule has 112 valence electrons. The van der Waals surface area contributed by atoms with Crippen LogP contribution in [0.4, 0.5) is 0 Å². The molecule has 3 unspecified atom stereocenters. The first kappa shape index (κ1) is 17.6. The van der Waals surface area contributed by atoms with Crippen LogP contribution in [0.25, 0.3) is 0 Å². The molecule has 0 spiro atoms. The van der Waals surface area contributed by atoms with Crippen LogP contribution in [0.5, 0.6) is 0 Å². The molecule has 0 N–H and O–H groups in total. The van der Waals surface area contributed by atoms with E-state index in [1.165, 1.54) is 44.9 Å². The lowest BCUT2D eigenvalue weighted by Crippen LogP contribution is -2.25. The Bertz CT molecular complexity index is 347. The summed E-state index contributed by atoms with van der Waals surface area (Å²) in [6.07, 6.45) is 10.8. The minimum absolute atomic E-state index is 0.178. The van der Waals surface area contributed by atoms with Gasteiger partial charge in [0.05, 0.1) is 0 Å². The van der Waals surface area contributed by atoms with Gasteiger partial charge in [0.25, 0.3) is 7.41 Å². The lowest BCUT2D eigenvalue weighted by Gasteiger charge is -2.37. The van der Waals surface area contributed by atoms with Crippen LogP contribution < -0.4 is 0 Å². The molecule has 0 aromatic heterocycles. The van der Waals surface area contributed by atoms with Crippen LogP contribution in [0.2, 0.25) is 11.1 Å². The van der Waals surface area contributed by atoms with E-state index in [0.29, 0.717) is 12.8 Å². The molecule has 0 bridgehead atoms. The van der Waals surface area contributed by atoms with Gasteiger partial charge in [0.15, 0.2) is 0 Å². The molecule has 2 nitrogen and oxygen atoms in total. The van der Waals surface area contributed by atoms with E-state index in [1.54, 1.807) is 6.08 Å². The minimum Gasteiger partial charge on any atom is -0.273 e. The number of isocyanates is 1. The second kappa shape index (κ2) is 7.50. The molecule has 1 saturated carbocycles. The zero-order valence-corrected chi connectivity index (χ0v) is 14.2. The number of nitrogens with zero attached hydrogens (tertiary/aromatic N) is 1. The van der Waals surface area contributed by atoms with E-state index in [9.17, 15) is 4.79 Å². The van der Waals surface area contributed by atoms with Gasteiger partial charge in [0.1, 0.15) is 7.85 Å². The van der Waals surface area contributed by atoms with Gasteiger partial charge in [-0.1, -0.05) is 72.0 Å². The topological polar surface area (TPSA) is 29.4 Å². The summed E-state index contributed by atoms with van der Waals surface area (Å²) < 4.78 is 0. The summed E-state index contributed by atoms with van der Waals surface area (Å²) in [4.78, 5) is 14.4. The largest absolute Gasteiger partial charge is 0.284 e. The minimum atomic E-state index is 0.178. The van der Waals surface area contributed by atoms with Gasteiger partial charge in [-0.3, -0.25) is 4.90 Å². The predicted octanol–water partition coefficient (Wildman–Crippen LogP) is 3.68. The first-order chi connectivity index (χ1) is 9.27. The molecule has 1 aliphatic rings. The van der Waals surface area contributed by atoms with Gasteiger partial charge in [-0.05, 0) is 23.1 Å². The number of carbonyl (C=O) groups excluding carboxylic acids is 1. The highest BCUT2D eigenvalue weighted by atomic mass is 16.1. The fraction of sp³-hybridized carbons (Fsp3) is 0.938. The summed E-state index contributed by atoms with van der Waals surface area (Å²) in [5.41, 5.74) is 0.389. The molecule has 4 heteroatoms. The second-order valence-corrected chi connectivity index (χ2v) is 8.41. The van der Waals surface area contributed by atoms with Crippen LogP contribution in [0.3, 0.4) is 0 Å². The molecule has 0 saturated heterocycles. The van der Waals surface area contributed by atoms with Crippen molar-refractivity contribution in [3.63, 3.8) is 0 Å². The zero-order valence-electron chi connectivity index (χ0n) is 14.2. The van der Waals surface area contributed by atoms with Crippen molar-refractivity contribution < 1.29 is 4.79 Å². The molecule has 20 heavy (non-hydrogen) atoms. The third-order valence-electron chi connectivity index (χ3n) is 5.19. The Morgan fingerprint density at radius 3 is 2.50 bits per heavy atom. The Morgan fingerprint density at radius 2 is 1.90 bits per heavy atom. The van der Waals surface area contributed by atoms with Crippen molar-refractivity contribution in [1.29, 1.82) is 0 Å². The molecule has 0 aromatic rings. The summed E-state index contributed by atoms with van der Waals surface area (Å²) in [7, 11) is 3.00. The van der Waals surface area contributed by atoms with Crippen LogP contribution in [0.15, 0.2) is 4.90 Å². The highest BCUT2D eigenvalue weighted by Crippen LogP contribution is 2.45. The van der Waals surface area contributed by atoms with Crippen LogP contribution in [-0.2, 0) is 4.79 Å². The second-order valence-electron chi connectivity index (χ2n) is 8.41. The van der Waals surface area contributed by atoms with Crippen LogP contribution in [-0.4, -0.2) is 21.3 Å². The SMILES string of the molecule is BC1CCCCC(C(C)(C)C)CCC(C)(BN=C=O)C1. The van der Waals surface area contributed by atoms with Gasteiger partial charge in [0.2, 0.25) is 6.08 Å². The summed E-state index contributed by atoms with van der Waals surface area (Å²) in [6.45, 7) is 9.42. The Labute approximate surface area is 126 Å². The average Bonchev–Trinajstić information content (AvgIpc) is 2.33. The highest BCUT2D eigenvalue weighted by molar-refractivity contribution is 6.39. The molecule has 0 heterocycles. The van der Waals surface area contributed by atoms with Crippen molar-refractivity contribution in [2.24, 2.45) is 16.2 Å². The van der Waals surface area contributed by atoms with E-state index >= 15 is 0 Å². The Kier molecular flexibility index (Phi) is 6.58. The molecule has 0 amide bonds. The lowest BCUT2D eigenvalue weighted by atomic mass is 9.52. The van der Waals surface area contributed by atoms with E-state index in [4.69, 9.17) is 0 Å². The Hall–Kier alpha value is -0.490. The zero-order chi connectivity index (χ0) is 15.2. The number of hydrogen-bond donors (Lipinski definition) is 0. The van der Waals surface area contributed by atoms with Crippen molar-refractivity contribution in [2.75, 3.05) is 0 Å². The lowest BCUT2D eigenvalue weighted by molar-refractivity contribution is 0.190. The van der Waals surface area contributed by atoms with Crippen molar-refractivity contribution in [1.82, 2.24) is 0 Å². The monoisotopic (exact) mass is 275 g/mol. The maximum Gasteiger partial charge on any atom is 0.284 e. The van der Waals surface area contributed by atoms with Gasteiger partial charge < -0.3 is 0 Å². The van der Waals surface area contributed by atoms with Gasteiger partial charge >= 0.3 is 0 Å². The van der Waals surface area contributed by atoms with Crippen molar-refractivity contribution in [2.45, 2.75) is 83.8 Å². The van der Waals surface area contributed by atoms with E-state index < -0.39 is 0 Å². The summed E-state index contributed by atoms with van der Waals surface area (Å²) in [5.74, 6) is 1.53. The predicted molar refractivity (Wildman–Crippen MR) is 91.2 cm³/mol. The van der Waals surface area contributed by atoms with Gasteiger partial charge in [-0.2, -0.15) is 0 Å². The molecule has 1 aliphatic carbocycles. The maximum absolute atomic E-state index is 10.5. The van der Waals surface area contributed by atoms with Crippen LogP contribution >= 0.6 is 0 Å². The van der Waals surface area contributed by atoms with Crippen molar-refractivity contribution >= 4 is 21.3 Å². The smallest absolute Gasteiger partial charge is 0.273 e. The molecule has 0 aromatic carbocycles. The first-order valence-electron chi connectivity index (χ1n) is 8.30. The normalized spacial score (nSPS) is 33.0. The third-order valence-corrected chi connectivity index (χ3v) is 5.19. The maximum atomic E-state index is 10.5. The Balaban J connectivity index is 2.80. The third kappa shape index (κ3) is 5.87. The standard InChI is InChI=1S/C16H31B2NO/c1-15(2,3)13-7-5-6-8-14(17)11-16(4,10-9-13)18-19-12-20/h13-14,18H,5-11,17H2,1-4H3. The van der Waals surface area contributed by atoms with Crippen LogP contribution in [0, 0.1) is 11.3 Å². The average molecular weight is 275 g/mol. The van der Waals surface area contributed by atoms with E-state index in [-0.39, 0.29) is 5.31 Å². The van der Waals surface area contributed by atoms with E-state index in [0.717, 1.165) is 11.7 Å². The molecule has 1 rings (SSSR count). The van der Waals surface area contributed by atoms with Gasteiger partial charge in [-0.15, -0.1) is 0 Å². The van der Waals surface area contributed by atoms with Crippen molar-refractivity contribution in [3.8, 4) is 0 Å². The summed E-state index contributed by atoms with van der Waals surface area (Å²) >= 11 is 0. The quantitative estimate of drug-likeness (QED) is 0.429. The highest BCUT2D eigenvalue weighted by Gasteiger charge is 2.32. The van der Waals surface area contributed by atoms with Gasteiger partial charge in [-0.25, -0.2) is 4.79 Å². The van der Waals surface area contributed by atoms with E-state index in [2.05, 4.69) is 40.4 Å². The molecule has 0 radical (unpaired) electrons.